The fourth-order valence-corrected chi connectivity index (χ4v) is 6.77. The highest BCUT2D eigenvalue weighted by Crippen LogP contribution is 2.62. The lowest BCUT2D eigenvalue weighted by atomic mass is 9.52. The molecule has 3 aliphatic rings. The molecule has 0 aliphatic heterocycles. The summed E-state index contributed by atoms with van der Waals surface area (Å²) in [5.74, 6) is 0.793. The van der Waals surface area contributed by atoms with Crippen LogP contribution in [0, 0.1) is 35.0 Å². The Kier molecular flexibility index (Phi) is 4.63. The Hall–Kier alpha value is -0.460. The summed E-state index contributed by atoms with van der Waals surface area (Å²) in [6, 6.07) is 0. The van der Waals surface area contributed by atoms with Gasteiger partial charge in [-0.3, -0.25) is 8.98 Å². The van der Waals surface area contributed by atoms with Crippen molar-refractivity contribution >= 4 is 15.9 Å². The minimum absolute atomic E-state index is 0.00593. The molecule has 0 unspecified atom stereocenters. The molecule has 0 heterocycles. The van der Waals surface area contributed by atoms with Gasteiger partial charge in [0, 0.05) is 12.3 Å². The van der Waals surface area contributed by atoms with Crippen LogP contribution in [0.2, 0.25) is 0 Å². The second kappa shape index (κ2) is 6.06. The molecule has 138 valence electrons. The summed E-state index contributed by atoms with van der Waals surface area (Å²) < 4.78 is 29.0. The number of Topliss-reactive ketones (excluding diaryl/α,β-unsaturated/α-hetero) is 1. The lowest BCUT2D eigenvalue weighted by molar-refractivity contribution is -0.124. The van der Waals surface area contributed by atoms with Crippen LogP contribution in [0.4, 0.5) is 0 Å². The minimum atomic E-state index is -3.54. The number of carbonyl (C=O) groups is 1. The SMILES string of the molecule is C[C@@H]1CC[C@@H]2[C@@H](C1)[C@H](OS(C)(=O)=O)C[C@H]1[C@H]([C@H](C)O)C(=O)C[C@@]21C. The van der Waals surface area contributed by atoms with Gasteiger partial charge in [0.25, 0.3) is 10.1 Å². The van der Waals surface area contributed by atoms with Crippen LogP contribution in [-0.4, -0.2) is 37.8 Å². The maximum absolute atomic E-state index is 12.6. The van der Waals surface area contributed by atoms with E-state index in [9.17, 15) is 18.3 Å². The van der Waals surface area contributed by atoms with Gasteiger partial charge in [-0.05, 0) is 55.3 Å². The van der Waals surface area contributed by atoms with Gasteiger partial charge in [0.15, 0.2) is 0 Å². The molecule has 0 aromatic carbocycles. The number of ketones is 1. The van der Waals surface area contributed by atoms with Crippen LogP contribution in [0.5, 0.6) is 0 Å². The molecule has 3 saturated carbocycles. The monoisotopic (exact) mass is 358 g/mol. The molecule has 3 fully saturated rings. The second-order valence-electron chi connectivity index (χ2n) is 8.78. The molecule has 3 rings (SSSR count). The van der Waals surface area contributed by atoms with E-state index < -0.39 is 16.2 Å². The van der Waals surface area contributed by atoms with Crippen LogP contribution in [0.1, 0.15) is 52.9 Å². The summed E-state index contributed by atoms with van der Waals surface area (Å²) in [5.41, 5.74) is -0.138. The van der Waals surface area contributed by atoms with Crippen molar-refractivity contribution in [2.24, 2.45) is 35.0 Å². The van der Waals surface area contributed by atoms with E-state index in [0.717, 1.165) is 25.5 Å². The summed E-state index contributed by atoms with van der Waals surface area (Å²) in [7, 11) is -3.54. The van der Waals surface area contributed by atoms with Crippen molar-refractivity contribution in [3.63, 3.8) is 0 Å². The molecule has 3 aliphatic carbocycles. The van der Waals surface area contributed by atoms with Crippen molar-refractivity contribution < 1.29 is 22.5 Å². The topological polar surface area (TPSA) is 80.7 Å². The molecule has 0 spiro atoms. The maximum atomic E-state index is 12.6. The van der Waals surface area contributed by atoms with Crippen LogP contribution < -0.4 is 0 Å². The van der Waals surface area contributed by atoms with Gasteiger partial charge in [-0.1, -0.05) is 20.3 Å². The number of carbonyl (C=O) groups excluding carboxylic acids is 1. The van der Waals surface area contributed by atoms with Gasteiger partial charge in [0.1, 0.15) is 5.78 Å². The first-order chi connectivity index (χ1) is 11.0. The van der Waals surface area contributed by atoms with Crippen LogP contribution in [-0.2, 0) is 19.1 Å². The molecule has 0 radical (unpaired) electrons. The van der Waals surface area contributed by atoms with E-state index in [-0.39, 0.29) is 35.1 Å². The molecule has 0 amide bonds. The van der Waals surface area contributed by atoms with Crippen LogP contribution in [0.3, 0.4) is 0 Å². The molecule has 5 nitrogen and oxygen atoms in total. The Labute approximate surface area is 145 Å². The van der Waals surface area contributed by atoms with Crippen molar-refractivity contribution in [2.75, 3.05) is 6.26 Å². The number of fused-ring (bicyclic) bond motifs is 3. The zero-order valence-electron chi connectivity index (χ0n) is 15.1. The first-order valence-corrected chi connectivity index (χ1v) is 10.9. The van der Waals surface area contributed by atoms with Crippen molar-refractivity contribution in [1.82, 2.24) is 0 Å². The highest BCUT2D eigenvalue weighted by molar-refractivity contribution is 7.86. The zero-order chi connectivity index (χ0) is 17.9. The number of hydrogen-bond acceptors (Lipinski definition) is 5. The summed E-state index contributed by atoms with van der Waals surface area (Å²) in [6.45, 7) is 6.07. The maximum Gasteiger partial charge on any atom is 0.264 e. The minimum Gasteiger partial charge on any atom is -0.393 e. The van der Waals surface area contributed by atoms with Crippen LogP contribution in [0.15, 0.2) is 0 Å². The third-order valence-electron chi connectivity index (χ3n) is 7.00. The molecule has 0 aromatic rings. The van der Waals surface area contributed by atoms with Gasteiger partial charge in [-0.2, -0.15) is 8.42 Å². The Morgan fingerprint density at radius 2 is 1.92 bits per heavy atom. The summed E-state index contributed by atoms with van der Waals surface area (Å²) >= 11 is 0. The van der Waals surface area contributed by atoms with E-state index in [0.29, 0.717) is 24.7 Å². The number of rotatable bonds is 3. The molecular weight excluding hydrogens is 328 g/mol. The van der Waals surface area contributed by atoms with E-state index in [1.807, 2.05) is 0 Å². The predicted octanol–water partition coefficient (Wildman–Crippen LogP) is 2.38. The average molecular weight is 359 g/mol. The van der Waals surface area contributed by atoms with E-state index in [1.165, 1.54) is 0 Å². The zero-order valence-corrected chi connectivity index (χ0v) is 15.9. The molecule has 0 aromatic heterocycles. The third-order valence-corrected chi connectivity index (χ3v) is 7.60. The molecular formula is C18H30O5S. The summed E-state index contributed by atoms with van der Waals surface area (Å²) in [4.78, 5) is 12.6. The third kappa shape index (κ3) is 3.06. The largest absolute Gasteiger partial charge is 0.393 e. The van der Waals surface area contributed by atoms with Crippen LogP contribution in [0.25, 0.3) is 0 Å². The molecule has 0 bridgehead atoms. The van der Waals surface area contributed by atoms with Gasteiger partial charge in [0.05, 0.1) is 18.5 Å². The van der Waals surface area contributed by atoms with Gasteiger partial charge >= 0.3 is 0 Å². The Bertz CT molecular complexity index is 613. The predicted molar refractivity (Wildman–Crippen MR) is 90.7 cm³/mol. The second-order valence-corrected chi connectivity index (χ2v) is 10.4. The first-order valence-electron chi connectivity index (χ1n) is 9.12. The van der Waals surface area contributed by atoms with E-state index in [4.69, 9.17) is 4.18 Å². The molecule has 0 saturated heterocycles. The Morgan fingerprint density at radius 3 is 2.50 bits per heavy atom. The van der Waals surface area contributed by atoms with E-state index in [2.05, 4.69) is 13.8 Å². The van der Waals surface area contributed by atoms with Crippen molar-refractivity contribution in [3.05, 3.63) is 0 Å². The number of aliphatic hydroxyl groups is 1. The molecule has 6 heteroatoms. The molecule has 8 atom stereocenters. The molecule has 1 N–H and O–H groups in total. The van der Waals surface area contributed by atoms with Crippen molar-refractivity contribution in [2.45, 2.75) is 65.1 Å². The fourth-order valence-electron chi connectivity index (χ4n) is 6.10. The first kappa shape index (κ1) is 18.3. The van der Waals surface area contributed by atoms with E-state index >= 15 is 0 Å². The van der Waals surface area contributed by atoms with E-state index in [1.54, 1.807) is 6.92 Å². The van der Waals surface area contributed by atoms with Crippen LogP contribution >= 0.6 is 0 Å². The lowest BCUT2D eigenvalue weighted by Gasteiger charge is -2.54. The van der Waals surface area contributed by atoms with Gasteiger partial charge in [-0.25, -0.2) is 0 Å². The number of aliphatic hydroxyl groups excluding tert-OH is 1. The number of hydrogen-bond donors (Lipinski definition) is 1. The summed E-state index contributed by atoms with van der Waals surface area (Å²) in [6.07, 6.45) is 4.20. The quantitative estimate of drug-likeness (QED) is 0.784. The van der Waals surface area contributed by atoms with Gasteiger partial charge in [-0.15, -0.1) is 0 Å². The highest BCUT2D eigenvalue weighted by Gasteiger charge is 2.61. The van der Waals surface area contributed by atoms with Gasteiger partial charge in [0.2, 0.25) is 0 Å². The average Bonchev–Trinajstić information content (AvgIpc) is 2.68. The fraction of sp³-hybridized carbons (Fsp3) is 0.944. The highest BCUT2D eigenvalue weighted by atomic mass is 32.2. The van der Waals surface area contributed by atoms with Crippen molar-refractivity contribution in [3.8, 4) is 0 Å². The Balaban J connectivity index is 1.98. The lowest BCUT2D eigenvalue weighted by Crippen LogP contribution is -2.52. The Morgan fingerprint density at radius 1 is 1.25 bits per heavy atom. The smallest absolute Gasteiger partial charge is 0.264 e. The molecule has 24 heavy (non-hydrogen) atoms. The van der Waals surface area contributed by atoms with Gasteiger partial charge < -0.3 is 5.11 Å². The summed E-state index contributed by atoms with van der Waals surface area (Å²) in [5, 5.41) is 10.2. The standard InChI is InChI=1S/C18H30O5S/c1-10-5-6-13-12(7-10)16(23-24(4,21)22)8-14-17(11(2)19)15(20)9-18(13,14)3/h10-14,16-17,19H,5-9H2,1-4H3/t10-,11+,12-,13-,14+,16-,17+,18+/m1/s1. The normalized spacial score (nSPS) is 47.1. The van der Waals surface area contributed by atoms with Crippen molar-refractivity contribution in [1.29, 1.82) is 0 Å².